The first-order valence-electron chi connectivity index (χ1n) is 8.62. The molecule has 0 saturated carbocycles. The van der Waals surface area contributed by atoms with Crippen LogP contribution in [0.25, 0.3) is 0 Å². The number of hydrogen-bond donors (Lipinski definition) is 1. The summed E-state index contributed by atoms with van der Waals surface area (Å²) in [6, 6.07) is 9.59. The molecule has 1 N–H and O–H groups in total. The Hall–Kier alpha value is -2.22. The first-order valence-corrected chi connectivity index (χ1v) is 8.62. The lowest BCUT2D eigenvalue weighted by Gasteiger charge is -2.34. The number of hydrogen-bond acceptors (Lipinski definition) is 7. The van der Waals surface area contributed by atoms with Crippen LogP contribution in [0.2, 0.25) is 0 Å². The van der Waals surface area contributed by atoms with Crippen molar-refractivity contribution in [3.63, 3.8) is 0 Å². The summed E-state index contributed by atoms with van der Waals surface area (Å²) in [7, 11) is 0. The minimum atomic E-state index is -1.24. The Kier molecular flexibility index (Phi) is 5.41. The zero-order valence-corrected chi connectivity index (χ0v) is 14.9. The predicted octanol–water partition coefficient (Wildman–Crippen LogP) is 1.71. The zero-order chi connectivity index (χ0) is 18.7. The number of likely N-dealkylation sites (tertiary alicyclic amines) is 1. The van der Waals surface area contributed by atoms with Gasteiger partial charge in [-0.25, -0.2) is 9.59 Å². The molecule has 0 radical (unpaired) electrons. The number of carbonyl (C=O) groups is 2. The van der Waals surface area contributed by atoms with Gasteiger partial charge in [0.25, 0.3) is 5.79 Å². The van der Waals surface area contributed by atoms with Gasteiger partial charge in [0.05, 0.1) is 6.61 Å². The molecule has 2 saturated heterocycles. The first-order chi connectivity index (χ1) is 12.4. The van der Waals surface area contributed by atoms with Crippen molar-refractivity contribution in [1.82, 2.24) is 4.90 Å². The molecule has 1 aromatic rings. The molecule has 1 unspecified atom stereocenters. The first kappa shape index (κ1) is 18.6. The molecule has 2 aliphatic rings. The van der Waals surface area contributed by atoms with Crippen LogP contribution in [-0.2, 0) is 30.4 Å². The van der Waals surface area contributed by atoms with Crippen molar-refractivity contribution in [2.75, 3.05) is 13.1 Å². The average Bonchev–Trinajstić information content (AvgIpc) is 2.59. The fourth-order valence-corrected chi connectivity index (χ4v) is 3.06. The van der Waals surface area contributed by atoms with E-state index in [1.807, 2.05) is 30.3 Å². The third-order valence-corrected chi connectivity index (χ3v) is 4.39. The highest BCUT2D eigenvalue weighted by Crippen LogP contribution is 2.29. The lowest BCUT2D eigenvalue weighted by molar-refractivity contribution is -0.222. The molecule has 2 fully saturated rings. The highest BCUT2D eigenvalue weighted by molar-refractivity contribution is 6.16. The maximum absolute atomic E-state index is 12.1. The molecule has 1 atom stereocenters. The molecular weight excluding hydrogens is 338 g/mol. The third kappa shape index (κ3) is 4.30. The molecule has 2 aliphatic heterocycles. The van der Waals surface area contributed by atoms with E-state index in [0.29, 0.717) is 38.1 Å². The number of ether oxygens (including phenoxy) is 3. The van der Waals surface area contributed by atoms with Crippen molar-refractivity contribution < 1.29 is 28.9 Å². The minimum Gasteiger partial charge on any atom is -0.419 e. The van der Waals surface area contributed by atoms with Crippen molar-refractivity contribution in [2.24, 2.45) is 0 Å². The third-order valence-electron chi connectivity index (χ3n) is 4.39. The van der Waals surface area contributed by atoms with Gasteiger partial charge in [0.2, 0.25) is 6.41 Å². The van der Waals surface area contributed by atoms with Gasteiger partial charge >= 0.3 is 11.9 Å². The van der Waals surface area contributed by atoms with Crippen LogP contribution in [0, 0.1) is 0 Å². The van der Waals surface area contributed by atoms with Gasteiger partial charge in [-0.2, -0.15) is 0 Å². The summed E-state index contributed by atoms with van der Waals surface area (Å²) in [5.74, 6) is -2.52. The van der Waals surface area contributed by atoms with E-state index in [4.69, 9.17) is 14.2 Å². The second-order valence-corrected chi connectivity index (χ2v) is 6.82. The van der Waals surface area contributed by atoms with Gasteiger partial charge in [-0.05, 0) is 24.0 Å². The largest absolute Gasteiger partial charge is 0.419 e. The zero-order valence-electron chi connectivity index (χ0n) is 14.9. The van der Waals surface area contributed by atoms with Crippen LogP contribution in [0.1, 0.15) is 32.3 Å². The van der Waals surface area contributed by atoms with Gasteiger partial charge in [0, 0.05) is 26.9 Å². The van der Waals surface area contributed by atoms with Crippen LogP contribution in [0.3, 0.4) is 0 Å². The fraction of sp³-hybridized carbons (Fsp3) is 0.474. The molecule has 26 heavy (non-hydrogen) atoms. The molecule has 0 amide bonds. The summed E-state index contributed by atoms with van der Waals surface area (Å²) < 4.78 is 15.8. The Morgan fingerprint density at radius 2 is 1.69 bits per heavy atom. The van der Waals surface area contributed by atoms with Crippen LogP contribution in [0.5, 0.6) is 0 Å². The van der Waals surface area contributed by atoms with Gasteiger partial charge in [0.1, 0.15) is 5.57 Å². The van der Waals surface area contributed by atoms with Crippen LogP contribution in [0.4, 0.5) is 0 Å². The van der Waals surface area contributed by atoms with E-state index in [0.717, 1.165) is 5.56 Å². The Morgan fingerprint density at radius 1 is 1.12 bits per heavy atom. The van der Waals surface area contributed by atoms with Gasteiger partial charge in [-0.3, -0.25) is 4.90 Å². The summed E-state index contributed by atoms with van der Waals surface area (Å²) in [5, 5.41) is 10.2. The van der Waals surface area contributed by atoms with Crippen molar-refractivity contribution >= 4 is 11.9 Å². The maximum atomic E-state index is 12.1. The second-order valence-electron chi connectivity index (χ2n) is 6.82. The van der Waals surface area contributed by atoms with Crippen LogP contribution >= 0.6 is 0 Å². The molecule has 3 rings (SSSR count). The number of aliphatic hydroxyl groups excluding tert-OH is 1. The molecule has 2 heterocycles. The van der Waals surface area contributed by atoms with Crippen LogP contribution in [-0.4, -0.2) is 47.2 Å². The number of piperidine rings is 1. The maximum Gasteiger partial charge on any atom is 0.348 e. The smallest absolute Gasteiger partial charge is 0.348 e. The number of cyclic esters (lactones) is 2. The number of esters is 2. The van der Waals surface area contributed by atoms with E-state index in [2.05, 4.69) is 0 Å². The molecule has 7 nitrogen and oxygen atoms in total. The van der Waals surface area contributed by atoms with Crippen molar-refractivity contribution in [3.05, 3.63) is 47.0 Å². The van der Waals surface area contributed by atoms with E-state index in [1.165, 1.54) is 13.8 Å². The number of aliphatic hydroxyl groups is 1. The molecule has 1 aromatic carbocycles. The summed E-state index contributed by atoms with van der Waals surface area (Å²) in [6.07, 6.45) is -0.108. The molecule has 0 spiro atoms. The van der Waals surface area contributed by atoms with Crippen molar-refractivity contribution in [1.29, 1.82) is 0 Å². The summed E-state index contributed by atoms with van der Waals surface area (Å²) in [5.41, 5.74) is 1.66. The SMILES string of the molecule is CC1(C)OC(=O)C(=C2CCN(C(O)OCc3ccccc3)CC2)C(=O)O1. The molecule has 7 heteroatoms. The quantitative estimate of drug-likeness (QED) is 0.378. The molecular formula is C19H23NO6. The summed E-state index contributed by atoms with van der Waals surface area (Å²) in [4.78, 5) is 26.0. The predicted molar refractivity (Wildman–Crippen MR) is 91.3 cm³/mol. The molecule has 140 valence electrons. The number of nitrogens with zero attached hydrogens (tertiary/aromatic N) is 1. The minimum absolute atomic E-state index is 0.0105. The van der Waals surface area contributed by atoms with E-state index in [9.17, 15) is 14.7 Å². The molecule has 0 aromatic heterocycles. The average molecular weight is 361 g/mol. The summed E-state index contributed by atoms with van der Waals surface area (Å²) in [6.45, 7) is 4.29. The topological polar surface area (TPSA) is 85.3 Å². The van der Waals surface area contributed by atoms with Gasteiger partial charge in [-0.15, -0.1) is 0 Å². The normalized spacial score (nSPS) is 22.0. The van der Waals surface area contributed by atoms with Crippen LogP contribution in [0.15, 0.2) is 41.5 Å². The van der Waals surface area contributed by atoms with Gasteiger partial charge in [0.15, 0.2) is 0 Å². The Balaban J connectivity index is 1.57. The van der Waals surface area contributed by atoms with E-state index < -0.39 is 24.1 Å². The monoisotopic (exact) mass is 361 g/mol. The standard InChI is InChI=1S/C19H23NO6/c1-19(2)25-16(21)15(17(22)26-19)14-8-10-20(11-9-14)18(23)24-12-13-6-4-3-5-7-13/h3-7,18,23H,8-12H2,1-2H3. The number of rotatable bonds is 4. The lowest BCUT2D eigenvalue weighted by Crippen LogP contribution is -2.44. The lowest BCUT2D eigenvalue weighted by atomic mass is 9.97. The van der Waals surface area contributed by atoms with E-state index in [-0.39, 0.29) is 5.57 Å². The molecule has 0 bridgehead atoms. The highest BCUT2D eigenvalue weighted by atomic mass is 16.7. The fourth-order valence-electron chi connectivity index (χ4n) is 3.06. The molecule has 0 aliphatic carbocycles. The van der Waals surface area contributed by atoms with E-state index >= 15 is 0 Å². The van der Waals surface area contributed by atoms with Crippen molar-refractivity contribution in [3.8, 4) is 0 Å². The summed E-state index contributed by atoms with van der Waals surface area (Å²) >= 11 is 0. The number of carbonyl (C=O) groups excluding carboxylic acids is 2. The van der Waals surface area contributed by atoms with Crippen LogP contribution < -0.4 is 0 Å². The van der Waals surface area contributed by atoms with E-state index in [1.54, 1.807) is 4.90 Å². The Bertz CT molecular complexity index is 680. The van der Waals surface area contributed by atoms with Crippen molar-refractivity contribution in [2.45, 2.75) is 45.5 Å². The van der Waals surface area contributed by atoms with Gasteiger partial charge in [-0.1, -0.05) is 30.3 Å². The Morgan fingerprint density at radius 3 is 2.27 bits per heavy atom. The number of benzene rings is 1. The van der Waals surface area contributed by atoms with Gasteiger partial charge < -0.3 is 19.3 Å². The Labute approximate surface area is 152 Å². The highest BCUT2D eigenvalue weighted by Gasteiger charge is 2.41. The second kappa shape index (κ2) is 7.57.